The number of benzene rings is 2. The van der Waals surface area contributed by atoms with Crippen LogP contribution in [-0.4, -0.2) is 23.0 Å². The molecule has 120 valence electrons. The van der Waals surface area contributed by atoms with Crippen LogP contribution in [0.5, 0.6) is 5.75 Å². The molecule has 1 saturated heterocycles. The number of para-hydroxylation sites is 1. The molecule has 0 amide bonds. The average molecular weight is 346 g/mol. The van der Waals surface area contributed by atoms with Crippen LogP contribution in [0.25, 0.3) is 0 Å². The van der Waals surface area contributed by atoms with E-state index in [1.807, 2.05) is 48.5 Å². The summed E-state index contributed by atoms with van der Waals surface area (Å²) >= 11 is 11.6. The quantitative estimate of drug-likeness (QED) is 0.717. The highest BCUT2D eigenvalue weighted by Gasteiger charge is 2.17. The second kappa shape index (κ2) is 7.80. The average Bonchev–Trinajstić information content (AvgIpc) is 2.62. The van der Waals surface area contributed by atoms with Gasteiger partial charge in [-0.1, -0.05) is 48.1 Å². The lowest BCUT2D eigenvalue weighted by Crippen LogP contribution is -2.35. The smallest absolute Gasteiger partial charge is 0.130 e. The SMILES string of the molecule is S=C(c1ccccc1OCc1ccc(Cl)cc1)N1CCCCC1. The molecule has 1 aliphatic rings. The highest BCUT2D eigenvalue weighted by Crippen LogP contribution is 2.24. The first kappa shape index (κ1) is 16.3. The van der Waals surface area contributed by atoms with Crippen LogP contribution >= 0.6 is 23.8 Å². The van der Waals surface area contributed by atoms with Gasteiger partial charge < -0.3 is 9.64 Å². The maximum Gasteiger partial charge on any atom is 0.130 e. The highest BCUT2D eigenvalue weighted by atomic mass is 35.5. The van der Waals surface area contributed by atoms with Gasteiger partial charge in [-0.15, -0.1) is 0 Å². The minimum Gasteiger partial charge on any atom is -0.488 e. The Morgan fingerprint density at radius 3 is 2.43 bits per heavy atom. The van der Waals surface area contributed by atoms with Gasteiger partial charge in [0.05, 0.1) is 5.56 Å². The van der Waals surface area contributed by atoms with Crippen molar-refractivity contribution in [3.8, 4) is 5.75 Å². The Kier molecular flexibility index (Phi) is 5.52. The molecule has 0 aromatic heterocycles. The van der Waals surface area contributed by atoms with Crippen molar-refractivity contribution in [3.05, 3.63) is 64.7 Å². The predicted molar refractivity (Wildman–Crippen MR) is 99.4 cm³/mol. The first-order valence-electron chi connectivity index (χ1n) is 7.99. The molecule has 1 fully saturated rings. The molecule has 4 heteroatoms. The van der Waals surface area contributed by atoms with E-state index in [1.54, 1.807) is 0 Å². The lowest BCUT2D eigenvalue weighted by atomic mass is 10.1. The molecular weight excluding hydrogens is 326 g/mol. The van der Waals surface area contributed by atoms with Crippen molar-refractivity contribution in [2.45, 2.75) is 25.9 Å². The largest absolute Gasteiger partial charge is 0.488 e. The number of rotatable bonds is 4. The zero-order valence-electron chi connectivity index (χ0n) is 13.0. The van der Waals surface area contributed by atoms with Gasteiger partial charge in [0, 0.05) is 18.1 Å². The fraction of sp³-hybridized carbons (Fsp3) is 0.316. The minimum atomic E-state index is 0.511. The van der Waals surface area contributed by atoms with E-state index in [0.717, 1.165) is 40.0 Å². The van der Waals surface area contributed by atoms with Gasteiger partial charge in [0.1, 0.15) is 17.3 Å². The molecule has 0 N–H and O–H groups in total. The van der Waals surface area contributed by atoms with Crippen LogP contribution in [0, 0.1) is 0 Å². The molecule has 0 aliphatic carbocycles. The summed E-state index contributed by atoms with van der Waals surface area (Å²) in [6, 6.07) is 15.8. The molecule has 0 atom stereocenters. The molecule has 0 bridgehead atoms. The number of hydrogen-bond donors (Lipinski definition) is 0. The van der Waals surface area contributed by atoms with Gasteiger partial charge in [-0.2, -0.15) is 0 Å². The van der Waals surface area contributed by atoms with Crippen molar-refractivity contribution in [1.82, 2.24) is 4.90 Å². The Balaban J connectivity index is 1.72. The summed E-state index contributed by atoms with van der Waals surface area (Å²) in [6.45, 7) is 2.60. The third-order valence-electron chi connectivity index (χ3n) is 4.07. The first-order chi connectivity index (χ1) is 11.2. The van der Waals surface area contributed by atoms with E-state index in [9.17, 15) is 0 Å². The Morgan fingerprint density at radius 2 is 1.70 bits per heavy atom. The van der Waals surface area contributed by atoms with E-state index in [0.29, 0.717) is 6.61 Å². The topological polar surface area (TPSA) is 12.5 Å². The monoisotopic (exact) mass is 345 g/mol. The van der Waals surface area contributed by atoms with Crippen LogP contribution in [0.3, 0.4) is 0 Å². The van der Waals surface area contributed by atoms with Gasteiger partial charge >= 0.3 is 0 Å². The van der Waals surface area contributed by atoms with Crippen LogP contribution in [0.15, 0.2) is 48.5 Å². The van der Waals surface area contributed by atoms with Gasteiger partial charge in [-0.05, 0) is 49.1 Å². The summed E-state index contributed by atoms with van der Waals surface area (Å²) in [7, 11) is 0. The molecule has 3 rings (SSSR count). The second-order valence-electron chi connectivity index (χ2n) is 5.76. The Labute approximate surface area is 148 Å². The molecule has 0 spiro atoms. The van der Waals surface area contributed by atoms with Crippen LogP contribution < -0.4 is 4.74 Å². The van der Waals surface area contributed by atoms with Gasteiger partial charge in [0.2, 0.25) is 0 Å². The van der Waals surface area contributed by atoms with E-state index in [2.05, 4.69) is 4.90 Å². The summed E-state index contributed by atoms with van der Waals surface area (Å²) in [5.41, 5.74) is 2.10. The van der Waals surface area contributed by atoms with Crippen LogP contribution in [0.1, 0.15) is 30.4 Å². The summed E-state index contributed by atoms with van der Waals surface area (Å²) in [6.07, 6.45) is 3.73. The minimum absolute atomic E-state index is 0.511. The molecule has 0 radical (unpaired) electrons. The van der Waals surface area contributed by atoms with Crippen molar-refractivity contribution in [3.63, 3.8) is 0 Å². The molecule has 1 heterocycles. The summed E-state index contributed by atoms with van der Waals surface area (Å²) in [5.74, 6) is 0.845. The Hall–Kier alpha value is -1.58. The van der Waals surface area contributed by atoms with E-state index in [4.69, 9.17) is 28.6 Å². The number of ether oxygens (including phenoxy) is 1. The molecule has 2 aromatic carbocycles. The normalized spacial score (nSPS) is 14.6. The molecule has 23 heavy (non-hydrogen) atoms. The summed E-state index contributed by atoms with van der Waals surface area (Å²) in [5, 5.41) is 0.737. The Bertz CT molecular complexity index is 665. The van der Waals surface area contributed by atoms with Crippen LogP contribution in [0.4, 0.5) is 0 Å². The number of halogens is 1. The zero-order chi connectivity index (χ0) is 16.1. The van der Waals surface area contributed by atoms with Crippen molar-refractivity contribution < 1.29 is 4.74 Å². The van der Waals surface area contributed by atoms with Crippen molar-refractivity contribution in [2.24, 2.45) is 0 Å². The Morgan fingerprint density at radius 1 is 1.00 bits per heavy atom. The van der Waals surface area contributed by atoms with E-state index in [1.165, 1.54) is 19.3 Å². The van der Waals surface area contributed by atoms with Gasteiger partial charge in [0.25, 0.3) is 0 Å². The molecule has 0 saturated carbocycles. The van der Waals surface area contributed by atoms with Crippen molar-refractivity contribution >= 4 is 28.8 Å². The molecule has 1 aliphatic heterocycles. The summed E-state index contributed by atoms with van der Waals surface area (Å²) in [4.78, 5) is 3.19. The van der Waals surface area contributed by atoms with Gasteiger partial charge in [-0.3, -0.25) is 0 Å². The zero-order valence-corrected chi connectivity index (χ0v) is 14.6. The first-order valence-corrected chi connectivity index (χ1v) is 8.78. The lowest BCUT2D eigenvalue weighted by molar-refractivity contribution is 0.303. The third-order valence-corrected chi connectivity index (χ3v) is 4.80. The lowest BCUT2D eigenvalue weighted by Gasteiger charge is -2.29. The maximum absolute atomic E-state index is 6.02. The van der Waals surface area contributed by atoms with Crippen molar-refractivity contribution in [2.75, 3.05) is 13.1 Å². The number of hydrogen-bond acceptors (Lipinski definition) is 2. The molecule has 0 unspecified atom stereocenters. The summed E-state index contributed by atoms with van der Waals surface area (Å²) < 4.78 is 6.02. The third kappa shape index (κ3) is 4.24. The molecule has 2 nitrogen and oxygen atoms in total. The van der Waals surface area contributed by atoms with Crippen molar-refractivity contribution in [1.29, 1.82) is 0 Å². The molecular formula is C19H20ClNOS. The fourth-order valence-electron chi connectivity index (χ4n) is 2.78. The molecule has 2 aromatic rings. The maximum atomic E-state index is 6.02. The standard InChI is InChI=1S/C19H20ClNOS/c20-16-10-8-15(9-11-16)14-22-18-7-3-2-6-17(18)19(23)21-12-4-1-5-13-21/h2-3,6-11H,1,4-5,12-14H2. The van der Waals surface area contributed by atoms with Gasteiger partial charge in [0.15, 0.2) is 0 Å². The second-order valence-corrected chi connectivity index (χ2v) is 6.59. The van der Waals surface area contributed by atoms with E-state index >= 15 is 0 Å². The predicted octanol–water partition coefficient (Wildman–Crippen LogP) is 5.08. The van der Waals surface area contributed by atoms with Crippen LogP contribution in [0.2, 0.25) is 5.02 Å². The van der Waals surface area contributed by atoms with Gasteiger partial charge in [-0.25, -0.2) is 0 Å². The number of likely N-dealkylation sites (tertiary alicyclic amines) is 1. The number of thiocarbonyl (C=S) groups is 1. The number of nitrogens with zero attached hydrogens (tertiary/aromatic N) is 1. The van der Waals surface area contributed by atoms with Crippen LogP contribution in [-0.2, 0) is 6.61 Å². The highest BCUT2D eigenvalue weighted by molar-refractivity contribution is 7.80. The van der Waals surface area contributed by atoms with E-state index in [-0.39, 0.29) is 0 Å². The van der Waals surface area contributed by atoms with E-state index < -0.39 is 0 Å². The number of piperidine rings is 1. The fourth-order valence-corrected chi connectivity index (χ4v) is 3.26.